The third-order valence-corrected chi connectivity index (χ3v) is 10.6. The van der Waals surface area contributed by atoms with Crippen molar-refractivity contribution >= 4 is 17.8 Å². The van der Waals surface area contributed by atoms with E-state index in [0.29, 0.717) is 45.4 Å². The van der Waals surface area contributed by atoms with E-state index in [1.165, 1.54) is 0 Å². The topological polar surface area (TPSA) is 150 Å². The fourth-order valence-corrected chi connectivity index (χ4v) is 7.84. The zero-order chi connectivity index (χ0) is 39.7. The van der Waals surface area contributed by atoms with Gasteiger partial charge in [-0.3, -0.25) is 29.2 Å². The number of esters is 1. The summed E-state index contributed by atoms with van der Waals surface area (Å²) in [4.78, 5) is 50.0. The molecule has 0 unspecified atom stereocenters. The fraction of sp³-hybridized carbons (Fsp3) is 0.422. The number of hydrogen-bond donors (Lipinski definition) is 4. The van der Waals surface area contributed by atoms with Gasteiger partial charge in [-0.25, -0.2) is 0 Å². The van der Waals surface area contributed by atoms with Crippen molar-refractivity contribution in [3.63, 3.8) is 0 Å². The molecule has 0 radical (unpaired) electrons. The van der Waals surface area contributed by atoms with Gasteiger partial charge in [0.25, 0.3) is 0 Å². The summed E-state index contributed by atoms with van der Waals surface area (Å²) in [5.74, 6) is -1.46. The monoisotopic (exact) mass is 760 g/mol. The van der Waals surface area contributed by atoms with E-state index >= 15 is 0 Å². The molecule has 1 aromatic heterocycles. The number of ether oxygens (including phenoxy) is 1. The minimum absolute atomic E-state index is 0.0943. The van der Waals surface area contributed by atoms with Crippen LogP contribution in [0.3, 0.4) is 0 Å². The number of aliphatic hydroxyl groups excluding tert-OH is 1. The van der Waals surface area contributed by atoms with Crippen molar-refractivity contribution in [1.82, 2.24) is 25.4 Å². The first-order valence-corrected chi connectivity index (χ1v) is 19.7. The summed E-state index contributed by atoms with van der Waals surface area (Å²) in [5, 5.41) is 18.1. The lowest BCUT2D eigenvalue weighted by Crippen LogP contribution is -2.61. The van der Waals surface area contributed by atoms with Crippen LogP contribution < -0.4 is 16.4 Å². The third-order valence-electron chi connectivity index (χ3n) is 10.6. The van der Waals surface area contributed by atoms with Crippen LogP contribution in [-0.2, 0) is 44.9 Å². The number of fused-ring (bicyclic) bond motifs is 1. The molecule has 5 N–H and O–H groups in total. The predicted molar refractivity (Wildman–Crippen MR) is 216 cm³/mol. The molecule has 11 nitrogen and oxygen atoms in total. The average molecular weight is 761 g/mol. The van der Waals surface area contributed by atoms with Crippen molar-refractivity contribution in [1.29, 1.82) is 0 Å². The minimum atomic E-state index is -0.898. The van der Waals surface area contributed by atoms with Gasteiger partial charge in [0.05, 0.1) is 12.1 Å². The Morgan fingerprint density at radius 1 is 0.893 bits per heavy atom. The van der Waals surface area contributed by atoms with Crippen LogP contribution in [0.4, 0.5) is 0 Å². The first-order valence-electron chi connectivity index (χ1n) is 19.7. The molecule has 11 heteroatoms. The Kier molecular flexibility index (Phi) is 13.7. The van der Waals surface area contributed by atoms with Crippen molar-refractivity contribution in [2.45, 2.75) is 88.9 Å². The van der Waals surface area contributed by atoms with E-state index in [2.05, 4.69) is 20.5 Å². The maximum atomic E-state index is 14.4. The molecule has 56 heavy (non-hydrogen) atoms. The van der Waals surface area contributed by atoms with E-state index in [9.17, 15) is 19.5 Å². The van der Waals surface area contributed by atoms with Crippen molar-refractivity contribution in [3.8, 4) is 0 Å². The highest BCUT2D eigenvalue weighted by molar-refractivity contribution is 5.83. The Hall–Kier alpha value is -4.94. The average Bonchev–Trinajstić information content (AvgIpc) is 3.51. The molecule has 1 aliphatic carbocycles. The second-order valence-electron chi connectivity index (χ2n) is 16.3. The van der Waals surface area contributed by atoms with Gasteiger partial charge in [-0.05, 0) is 73.9 Å². The molecular formula is C45H56N6O5. The maximum absolute atomic E-state index is 14.4. The van der Waals surface area contributed by atoms with Gasteiger partial charge in [-0.2, -0.15) is 0 Å². The van der Waals surface area contributed by atoms with Gasteiger partial charge >= 0.3 is 5.97 Å². The Morgan fingerprint density at radius 2 is 1.55 bits per heavy atom. The zero-order valence-corrected chi connectivity index (χ0v) is 32.7. The number of carbonyl (C=O) groups is 3. The van der Waals surface area contributed by atoms with E-state index < -0.39 is 47.8 Å². The number of nitrogens with one attached hydrogen (secondary N) is 2. The molecule has 1 saturated heterocycles. The number of nitrogens with two attached hydrogens (primary N) is 1. The summed E-state index contributed by atoms with van der Waals surface area (Å²) in [6, 6.07) is 29.1. The molecule has 3 aromatic carbocycles. The van der Waals surface area contributed by atoms with E-state index in [-0.39, 0.29) is 24.8 Å². The number of piperazine rings is 1. The van der Waals surface area contributed by atoms with Gasteiger partial charge < -0.3 is 26.2 Å². The van der Waals surface area contributed by atoms with Crippen LogP contribution >= 0.6 is 0 Å². The van der Waals surface area contributed by atoms with Gasteiger partial charge in [-0.15, -0.1) is 0 Å². The highest BCUT2D eigenvalue weighted by Crippen LogP contribution is 2.34. The Labute approximate surface area is 330 Å². The summed E-state index contributed by atoms with van der Waals surface area (Å²) in [7, 11) is 0. The highest BCUT2D eigenvalue weighted by atomic mass is 16.5. The second-order valence-corrected chi connectivity index (χ2v) is 16.3. The minimum Gasteiger partial charge on any atom is -0.458 e. The Balaban J connectivity index is 1.16. The largest absolute Gasteiger partial charge is 0.458 e. The molecule has 0 saturated carbocycles. The van der Waals surface area contributed by atoms with Crippen molar-refractivity contribution < 1.29 is 24.2 Å². The van der Waals surface area contributed by atoms with Crippen LogP contribution in [0.1, 0.15) is 61.1 Å². The number of aliphatic hydroxyl groups is 1. The normalized spacial score (nSPS) is 20.3. The number of rotatable bonds is 15. The molecule has 6 rings (SSSR count). The summed E-state index contributed by atoms with van der Waals surface area (Å²) < 4.78 is 6.06. The quantitative estimate of drug-likeness (QED) is 0.132. The zero-order valence-electron chi connectivity index (χ0n) is 32.7. The van der Waals surface area contributed by atoms with Crippen molar-refractivity contribution in [2.24, 2.45) is 11.7 Å². The molecule has 296 valence electrons. The Bertz CT molecular complexity index is 1890. The predicted octanol–water partition coefficient (Wildman–Crippen LogP) is 3.99. The number of benzene rings is 3. The summed E-state index contributed by atoms with van der Waals surface area (Å²) in [6.07, 6.45) is 3.41. The molecule has 2 amide bonds. The summed E-state index contributed by atoms with van der Waals surface area (Å²) in [5.41, 5.74) is 10.8. The molecule has 1 aliphatic heterocycles. The highest BCUT2D eigenvalue weighted by Gasteiger charge is 2.39. The second kappa shape index (κ2) is 18.8. The lowest BCUT2D eigenvalue weighted by atomic mass is 9.91. The van der Waals surface area contributed by atoms with Crippen LogP contribution in [-0.4, -0.2) is 93.7 Å². The van der Waals surface area contributed by atoms with E-state index in [1.54, 1.807) is 6.20 Å². The number of pyridine rings is 1. The molecule has 1 fully saturated rings. The number of nitrogens with zero attached hydrogens (tertiary/aromatic N) is 3. The van der Waals surface area contributed by atoms with E-state index in [0.717, 1.165) is 27.8 Å². The molecule has 2 heterocycles. The Morgan fingerprint density at radius 3 is 2.23 bits per heavy atom. The number of carbonyl (C=O) groups excluding carboxylic acids is 3. The first kappa shape index (κ1) is 40.7. The summed E-state index contributed by atoms with van der Waals surface area (Å²) in [6.45, 7) is 8.56. The van der Waals surface area contributed by atoms with Crippen LogP contribution in [0.5, 0.6) is 0 Å². The molecular weight excluding hydrogens is 705 g/mol. The van der Waals surface area contributed by atoms with Crippen LogP contribution in [0.2, 0.25) is 0 Å². The molecule has 0 bridgehead atoms. The fourth-order valence-electron chi connectivity index (χ4n) is 7.84. The van der Waals surface area contributed by atoms with Crippen LogP contribution in [0.25, 0.3) is 0 Å². The van der Waals surface area contributed by atoms with Crippen LogP contribution in [0, 0.1) is 5.92 Å². The number of hydrogen-bond acceptors (Lipinski definition) is 9. The van der Waals surface area contributed by atoms with E-state index in [4.69, 9.17) is 10.5 Å². The number of β-amino-alcohol motifs (C(OH)–C–C–N with tert-alkyl or cyclic N) is 1. The molecule has 6 atom stereocenters. The first-order chi connectivity index (χ1) is 26.9. The molecule has 2 aliphatic rings. The smallest absolute Gasteiger partial charge is 0.323 e. The van der Waals surface area contributed by atoms with Gasteiger partial charge in [0, 0.05) is 63.0 Å². The van der Waals surface area contributed by atoms with Crippen molar-refractivity contribution in [2.75, 3.05) is 26.2 Å². The van der Waals surface area contributed by atoms with Gasteiger partial charge in [0.15, 0.2) is 0 Å². The maximum Gasteiger partial charge on any atom is 0.323 e. The molecule has 0 spiro atoms. The lowest BCUT2D eigenvalue weighted by Gasteiger charge is -2.42. The molecule has 4 aromatic rings. The number of amides is 2. The van der Waals surface area contributed by atoms with Gasteiger partial charge in [-0.1, -0.05) is 91.0 Å². The number of aromatic nitrogens is 1. The van der Waals surface area contributed by atoms with Gasteiger partial charge in [0.2, 0.25) is 11.8 Å². The van der Waals surface area contributed by atoms with Crippen molar-refractivity contribution in [3.05, 3.63) is 137 Å². The van der Waals surface area contributed by atoms with Gasteiger partial charge in [0.1, 0.15) is 18.2 Å². The standard InChI is InChI=1S/C45H56N6O5/c1-45(2,3)49-43(54)39-30-50(28-33-17-12-20-47-27-33)21-22-51(39)29-36(52)25-35(23-31-13-6-4-7-14-31)42(53)48-41-37-19-11-10-18-34(37)26-40(41)56-44(55)38(46)24-32-15-8-5-9-16-32/h4-20,27,35-36,38-41,52H,21-26,28-30,46H2,1-3H3,(H,48,53)(H,49,54)/t35-,36+,38+,39+,40-,41+/m1/s1. The SMILES string of the molecule is CC(C)(C)NC(=O)[C@@H]1CN(Cc2cccnc2)CCN1C[C@@H](O)C[C@@H](Cc1ccccc1)C(=O)N[C@H]1c2ccccc2C[C@H]1OC(=O)[C@@H](N)Cc1ccccc1. The van der Waals surface area contributed by atoms with Crippen LogP contribution in [0.15, 0.2) is 109 Å². The lowest BCUT2D eigenvalue weighted by molar-refractivity contribution is -0.152. The van der Waals surface area contributed by atoms with E-state index in [1.807, 2.05) is 129 Å². The third kappa shape index (κ3) is 11.3. The summed E-state index contributed by atoms with van der Waals surface area (Å²) >= 11 is 0.